The van der Waals surface area contributed by atoms with Gasteiger partial charge in [0, 0.05) is 42.9 Å². The van der Waals surface area contributed by atoms with Crippen LogP contribution in [0.25, 0.3) is 0 Å². The third kappa shape index (κ3) is 6.09. The number of hydrogen-bond acceptors (Lipinski definition) is 5. The van der Waals surface area contributed by atoms with Gasteiger partial charge in [-0.3, -0.25) is 9.59 Å². The van der Waals surface area contributed by atoms with Gasteiger partial charge in [0.2, 0.25) is 0 Å². The summed E-state index contributed by atoms with van der Waals surface area (Å²) >= 11 is 8.09. The molecule has 0 aromatic heterocycles. The summed E-state index contributed by atoms with van der Waals surface area (Å²) in [5.74, 6) is -1.37. The number of halogens is 4. The maximum absolute atomic E-state index is 14.2. The van der Waals surface area contributed by atoms with Crippen molar-refractivity contribution in [1.29, 1.82) is 0 Å². The smallest absolute Gasteiger partial charge is 0.430 e. The highest BCUT2D eigenvalue weighted by atomic mass is 35.5. The van der Waals surface area contributed by atoms with Crippen molar-refractivity contribution in [2.75, 3.05) is 34.3 Å². The fraction of sp³-hybridized carbons (Fsp3) is 0.517. The topological polar surface area (TPSA) is 70.1 Å². The molecule has 2 fully saturated rings. The van der Waals surface area contributed by atoms with E-state index in [-0.39, 0.29) is 30.2 Å². The lowest BCUT2D eigenvalue weighted by molar-refractivity contribution is -0.262. The summed E-state index contributed by atoms with van der Waals surface area (Å²) in [5, 5.41) is 11.6. The lowest BCUT2D eigenvalue weighted by Crippen LogP contribution is -2.58. The Morgan fingerprint density at radius 3 is 2.27 bits per heavy atom. The number of methoxy groups -OCH3 is 1. The van der Waals surface area contributed by atoms with Crippen LogP contribution in [0.3, 0.4) is 0 Å². The molecule has 1 heterocycles. The monoisotopic (exact) mass is 598 g/mol. The van der Waals surface area contributed by atoms with Gasteiger partial charge >= 0.3 is 6.18 Å². The number of thioether (sulfide) groups is 1. The molecule has 1 N–H and O–H groups in total. The van der Waals surface area contributed by atoms with Crippen LogP contribution in [0.2, 0.25) is 5.02 Å². The molecule has 1 spiro atoms. The van der Waals surface area contributed by atoms with E-state index in [1.807, 2.05) is 12.1 Å². The zero-order valence-electron chi connectivity index (χ0n) is 22.8. The normalized spacial score (nSPS) is 19.2. The van der Waals surface area contributed by atoms with E-state index < -0.39 is 23.2 Å². The van der Waals surface area contributed by atoms with Crippen molar-refractivity contribution in [3.05, 3.63) is 58.6 Å². The van der Waals surface area contributed by atoms with Crippen LogP contribution in [0.15, 0.2) is 47.4 Å². The predicted molar refractivity (Wildman–Crippen MR) is 149 cm³/mol. The summed E-state index contributed by atoms with van der Waals surface area (Å²) in [6, 6.07) is 10.4. The van der Waals surface area contributed by atoms with Gasteiger partial charge in [-0.1, -0.05) is 23.7 Å². The van der Waals surface area contributed by atoms with Gasteiger partial charge in [-0.15, -0.1) is 11.8 Å². The van der Waals surface area contributed by atoms with Crippen molar-refractivity contribution in [2.24, 2.45) is 5.41 Å². The van der Waals surface area contributed by atoms with Gasteiger partial charge in [-0.2, -0.15) is 13.2 Å². The Labute approximate surface area is 241 Å². The number of amides is 2. The Morgan fingerprint density at radius 2 is 1.73 bits per heavy atom. The molecule has 1 saturated carbocycles. The molecule has 1 atom stereocenters. The van der Waals surface area contributed by atoms with Gasteiger partial charge in [0.15, 0.2) is 0 Å². The van der Waals surface area contributed by atoms with E-state index in [2.05, 4.69) is 0 Å². The number of aliphatic hydroxyl groups is 1. The Morgan fingerprint density at radius 1 is 1.07 bits per heavy atom. The molecular weight excluding hydrogens is 565 g/mol. The molecule has 0 radical (unpaired) electrons. The quantitative estimate of drug-likeness (QED) is 0.432. The SMILES string of the molecule is COc1cccc(C(O)(C(=O)N2CCC3(CCC(Sc4ccc(C(=O)N(C)C)c(Cl)c4)CC3)CC2)C(F)(F)F)c1. The van der Waals surface area contributed by atoms with Crippen molar-refractivity contribution in [3.8, 4) is 5.75 Å². The third-order valence-electron chi connectivity index (χ3n) is 8.19. The fourth-order valence-corrected chi connectivity index (χ4v) is 7.18. The fourth-order valence-electron chi connectivity index (χ4n) is 5.67. The Kier molecular flexibility index (Phi) is 9.02. The Bertz CT molecular complexity index is 1240. The number of alkyl halides is 3. The largest absolute Gasteiger partial charge is 0.497 e. The maximum Gasteiger partial charge on any atom is 0.430 e. The van der Waals surface area contributed by atoms with Crippen LogP contribution in [-0.4, -0.2) is 72.4 Å². The van der Waals surface area contributed by atoms with Crippen LogP contribution < -0.4 is 4.74 Å². The minimum absolute atomic E-state index is 0.0280. The molecule has 1 saturated heterocycles. The molecule has 6 nitrogen and oxygen atoms in total. The summed E-state index contributed by atoms with van der Waals surface area (Å²) in [6.45, 7) is 0.325. The van der Waals surface area contributed by atoms with Gasteiger partial charge in [-0.05, 0) is 74.3 Å². The number of hydrogen-bond donors (Lipinski definition) is 1. The van der Waals surface area contributed by atoms with E-state index in [1.165, 1.54) is 24.1 Å². The average Bonchev–Trinajstić information content (AvgIpc) is 2.93. The van der Waals surface area contributed by atoms with Crippen molar-refractivity contribution in [3.63, 3.8) is 0 Å². The van der Waals surface area contributed by atoms with E-state index >= 15 is 0 Å². The predicted octanol–water partition coefficient (Wildman–Crippen LogP) is 6.14. The van der Waals surface area contributed by atoms with Crippen LogP contribution in [0.4, 0.5) is 13.2 Å². The van der Waals surface area contributed by atoms with E-state index in [4.69, 9.17) is 16.3 Å². The standard InChI is InChI=1S/C29H34ClF3N2O4S/c1-34(2)25(36)23-8-7-22(18-24(23)30)40-21-9-11-27(12-10-21)13-15-35(16-14-27)26(37)28(38,29(31,32)33)19-5-4-6-20(17-19)39-3/h4-8,17-18,21,38H,9-16H2,1-3H3. The minimum Gasteiger partial charge on any atom is -0.497 e. The first-order valence-corrected chi connectivity index (χ1v) is 14.5. The molecular formula is C29H34ClF3N2O4S. The molecule has 40 heavy (non-hydrogen) atoms. The lowest BCUT2D eigenvalue weighted by atomic mass is 9.68. The second-order valence-electron chi connectivity index (χ2n) is 10.9. The summed E-state index contributed by atoms with van der Waals surface area (Å²) in [7, 11) is 4.66. The zero-order valence-corrected chi connectivity index (χ0v) is 24.3. The van der Waals surface area contributed by atoms with E-state index in [0.717, 1.165) is 47.6 Å². The van der Waals surface area contributed by atoms with E-state index in [1.54, 1.807) is 31.9 Å². The molecule has 4 rings (SSSR count). The van der Waals surface area contributed by atoms with E-state index in [9.17, 15) is 27.9 Å². The molecule has 2 amide bonds. The number of ether oxygens (including phenoxy) is 1. The Hall–Kier alpha value is -2.43. The number of carbonyl (C=O) groups excluding carboxylic acids is 2. The molecule has 2 aromatic carbocycles. The van der Waals surface area contributed by atoms with Gasteiger partial charge in [0.05, 0.1) is 17.7 Å². The summed E-state index contributed by atoms with van der Waals surface area (Å²) < 4.78 is 47.5. The molecule has 1 aliphatic carbocycles. The first kappa shape index (κ1) is 30.5. The van der Waals surface area contributed by atoms with Gasteiger partial charge in [0.1, 0.15) is 5.75 Å². The van der Waals surface area contributed by atoms with E-state index in [0.29, 0.717) is 28.7 Å². The molecule has 0 bridgehead atoms. The highest BCUT2D eigenvalue weighted by Gasteiger charge is 2.62. The van der Waals surface area contributed by atoms with Crippen molar-refractivity contribution in [2.45, 2.75) is 60.4 Å². The molecule has 2 aliphatic rings. The second kappa shape index (κ2) is 11.8. The van der Waals surface area contributed by atoms with Crippen LogP contribution in [-0.2, 0) is 10.4 Å². The molecule has 11 heteroatoms. The third-order valence-corrected chi connectivity index (χ3v) is 9.84. The second-order valence-corrected chi connectivity index (χ2v) is 12.7. The summed E-state index contributed by atoms with van der Waals surface area (Å²) in [5.41, 5.74) is -3.76. The highest BCUT2D eigenvalue weighted by Crippen LogP contribution is 2.49. The minimum atomic E-state index is -5.19. The average molecular weight is 599 g/mol. The number of rotatable bonds is 6. The Balaban J connectivity index is 1.37. The number of benzene rings is 2. The van der Waals surface area contributed by atoms with Crippen LogP contribution in [0, 0.1) is 5.41 Å². The summed E-state index contributed by atoms with van der Waals surface area (Å²) in [4.78, 5) is 29.1. The first-order valence-electron chi connectivity index (χ1n) is 13.2. The zero-order chi connectivity index (χ0) is 29.3. The lowest BCUT2D eigenvalue weighted by Gasteiger charge is -2.47. The van der Waals surface area contributed by atoms with Crippen molar-refractivity contribution < 1.29 is 32.6 Å². The van der Waals surface area contributed by atoms with Gasteiger partial charge in [-0.25, -0.2) is 0 Å². The van der Waals surface area contributed by atoms with Crippen LogP contribution in [0.1, 0.15) is 54.4 Å². The number of piperidine rings is 1. The molecule has 2 aromatic rings. The van der Waals surface area contributed by atoms with Crippen molar-refractivity contribution in [1.82, 2.24) is 9.80 Å². The van der Waals surface area contributed by atoms with Crippen LogP contribution >= 0.6 is 23.4 Å². The number of likely N-dealkylation sites (tertiary alicyclic amines) is 1. The van der Waals surface area contributed by atoms with Gasteiger partial charge in [0.25, 0.3) is 17.4 Å². The maximum atomic E-state index is 14.2. The van der Waals surface area contributed by atoms with Crippen LogP contribution in [0.5, 0.6) is 5.75 Å². The molecule has 1 aliphatic heterocycles. The molecule has 1 unspecified atom stereocenters. The highest BCUT2D eigenvalue weighted by molar-refractivity contribution is 8.00. The number of carbonyl (C=O) groups is 2. The number of nitrogens with zero attached hydrogens (tertiary/aromatic N) is 2. The molecule has 218 valence electrons. The first-order chi connectivity index (χ1) is 18.8. The summed E-state index contributed by atoms with van der Waals surface area (Å²) in [6.07, 6.45) is -0.309. The van der Waals surface area contributed by atoms with Crippen molar-refractivity contribution >= 4 is 35.2 Å². The van der Waals surface area contributed by atoms with Gasteiger partial charge < -0.3 is 19.6 Å².